The molecule has 2 heterocycles. The second kappa shape index (κ2) is 10.6. The maximum Gasteiger partial charge on any atom is 0.416 e. The lowest BCUT2D eigenvalue weighted by molar-refractivity contribution is -0.137. The first-order valence-electron chi connectivity index (χ1n) is 10.1. The summed E-state index contributed by atoms with van der Waals surface area (Å²) in [6, 6.07) is 8.06. The zero-order valence-corrected chi connectivity index (χ0v) is 20.1. The summed E-state index contributed by atoms with van der Waals surface area (Å²) < 4.78 is 45.8. The second-order valence-corrected chi connectivity index (χ2v) is 9.00. The molecule has 1 amide bonds. The molecular formula is C22H22Cl2F3N3O2S. The Balaban J connectivity index is 0.00000306. The van der Waals surface area contributed by atoms with Gasteiger partial charge in [0.1, 0.15) is 0 Å². The number of halogens is 5. The van der Waals surface area contributed by atoms with Crippen LogP contribution < -0.4 is 4.90 Å². The molecule has 4 rings (SSSR count). The van der Waals surface area contributed by atoms with Crippen molar-refractivity contribution in [3.05, 3.63) is 58.1 Å². The first-order valence-corrected chi connectivity index (χ1v) is 11.3. The SMILES string of the molecule is Cc1cc(Cl)cc2sc(N(CCN3CCOCC3)C(=O)c3cccc(C(F)(F)F)c3)nc12.Cl. The fourth-order valence-electron chi connectivity index (χ4n) is 3.59. The number of carbonyl (C=O) groups excluding carboxylic acids is 1. The Morgan fingerprint density at radius 3 is 2.67 bits per heavy atom. The van der Waals surface area contributed by atoms with E-state index in [0.29, 0.717) is 36.5 Å². The van der Waals surface area contributed by atoms with Gasteiger partial charge in [0.05, 0.1) is 29.0 Å². The smallest absolute Gasteiger partial charge is 0.379 e. The zero-order valence-electron chi connectivity index (χ0n) is 17.7. The third kappa shape index (κ3) is 5.96. The topological polar surface area (TPSA) is 45.7 Å². The van der Waals surface area contributed by atoms with E-state index in [0.717, 1.165) is 41.0 Å². The van der Waals surface area contributed by atoms with E-state index >= 15 is 0 Å². The van der Waals surface area contributed by atoms with Crippen molar-refractivity contribution >= 4 is 56.6 Å². The summed E-state index contributed by atoms with van der Waals surface area (Å²) in [5.41, 5.74) is 0.705. The summed E-state index contributed by atoms with van der Waals surface area (Å²) in [6.45, 7) is 5.43. The van der Waals surface area contributed by atoms with Crippen LogP contribution in [0, 0.1) is 6.92 Å². The van der Waals surface area contributed by atoms with Gasteiger partial charge in [-0.15, -0.1) is 12.4 Å². The van der Waals surface area contributed by atoms with Crippen LogP contribution in [0.25, 0.3) is 10.2 Å². The maximum atomic E-state index is 13.4. The third-order valence-electron chi connectivity index (χ3n) is 5.30. The van der Waals surface area contributed by atoms with Gasteiger partial charge >= 0.3 is 6.18 Å². The Labute approximate surface area is 204 Å². The normalized spacial score (nSPS) is 14.8. The van der Waals surface area contributed by atoms with E-state index in [9.17, 15) is 18.0 Å². The number of aryl methyl sites for hydroxylation is 1. The monoisotopic (exact) mass is 519 g/mol. The van der Waals surface area contributed by atoms with Crippen LogP contribution >= 0.6 is 35.3 Å². The van der Waals surface area contributed by atoms with Crippen LogP contribution in [0.5, 0.6) is 0 Å². The summed E-state index contributed by atoms with van der Waals surface area (Å²) in [6.07, 6.45) is -4.53. The Morgan fingerprint density at radius 2 is 1.97 bits per heavy atom. The second-order valence-electron chi connectivity index (χ2n) is 7.56. The van der Waals surface area contributed by atoms with E-state index in [-0.39, 0.29) is 18.0 Å². The quantitative estimate of drug-likeness (QED) is 0.435. The van der Waals surface area contributed by atoms with Crippen molar-refractivity contribution in [3.8, 4) is 0 Å². The molecule has 3 aromatic rings. The van der Waals surface area contributed by atoms with Gasteiger partial charge < -0.3 is 4.74 Å². The number of hydrogen-bond donors (Lipinski definition) is 0. The Kier molecular flexibility index (Phi) is 8.23. The van der Waals surface area contributed by atoms with Gasteiger partial charge in [-0.25, -0.2) is 4.98 Å². The number of alkyl halides is 3. The van der Waals surface area contributed by atoms with Gasteiger partial charge in [-0.1, -0.05) is 29.0 Å². The van der Waals surface area contributed by atoms with E-state index < -0.39 is 17.6 Å². The summed E-state index contributed by atoms with van der Waals surface area (Å²) in [5.74, 6) is -0.521. The third-order valence-corrected chi connectivity index (χ3v) is 6.54. The number of nitrogens with zero attached hydrogens (tertiary/aromatic N) is 3. The van der Waals surface area contributed by atoms with Gasteiger partial charge in [-0.05, 0) is 42.8 Å². The minimum absolute atomic E-state index is 0. The zero-order chi connectivity index (χ0) is 22.9. The molecule has 1 aromatic heterocycles. The van der Waals surface area contributed by atoms with Crippen LogP contribution in [-0.4, -0.2) is 55.2 Å². The molecule has 0 N–H and O–H groups in total. The molecule has 2 aromatic carbocycles. The molecule has 0 spiro atoms. The highest BCUT2D eigenvalue weighted by Gasteiger charge is 2.32. The molecule has 0 atom stereocenters. The van der Waals surface area contributed by atoms with E-state index in [1.54, 1.807) is 12.1 Å². The van der Waals surface area contributed by atoms with Gasteiger partial charge in [-0.2, -0.15) is 13.2 Å². The molecular weight excluding hydrogens is 498 g/mol. The molecule has 1 saturated heterocycles. The van der Waals surface area contributed by atoms with Crippen LogP contribution in [0.3, 0.4) is 0 Å². The van der Waals surface area contributed by atoms with Gasteiger partial charge in [0.15, 0.2) is 5.13 Å². The van der Waals surface area contributed by atoms with Crippen molar-refractivity contribution in [2.75, 3.05) is 44.3 Å². The first kappa shape index (κ1) is 25.7. The number of benzene rings is 2. The highest BCUT2D eigenvalue weighted by Crippen LogP contribution is 2.34. The predicted molar refractivity (Wildman–Crippen MR) is 127 cm³/mol. The number of carbonyl (C=O) groups is 1. The average molecular weight is 520 g/mol. The molecule has 0 unspecified atom stereocenters. The molecule has 0 aliphatic carbocycles. The average Bonchev–Trinajstić information content (AvgIpc) is 3.18. The van der Waals surface area contributed by atoms with Crippen LogP contribution in [0.2, 0.25) is 5.02 Å². The number of aromatic nitrogens is 1. The molecule has 0 radical (unpaired) electrons. The lowest BCUT2D eigenvalue weighted by atomic mass is 10.1. The number of anilines is 1. The van der Waals surface area contributed by atoms with Crippen molar-refractivity contribution in [1.82, 2.24) is 9.88 Å². The van der Waals surface area contributed by atoms with Gasteiger partial charge in [0, 0.05) is 36.8 Å². The molecule has 178 valence electrons. The van der Waals surface area contributed by atoms with E-state index in [1.165, 1.54) is 28.4 Å². The van der Waals surface area contributed by atoms with Crippen LogP contribution in [0.15, 0.2) is 36.4 Å². The molecule has 1 aliphatic rings. The number of hydrogen-bond acceptors (Lipinski definition) is 5. The molecule has 0 saturated carbocycles. The molecule has 1 fully saturated rings. The first-order chi connectivity index (χ1) is 15.2. The number of ether oxygens (including phenoxy) is 1. The fourth-order valence-corrected chi connectivity index (χ4v) is 5.04. The molecule has 5 nitrogen and oxygen atoms in total. The Hall–Kier alpha value is -1.91. The van der Waals surface area contributed by atoms with Gasteiger partial charge in [-0.3, -0.25) is 14.6 Å². The lowest BCUT2D eigenvalue weighted by Gasteiger charge is -2.29. The predicted octanol–water partition coefficient (Wildman–Crippen LogP) is 5.68. The summed E-state index contributed by atoms with van der Waals surface area (Å²) >= 11 is 7.46. The lowest BCUT2D eigenvalue weighted by Crippen LogP contribution is -2.43. The number of thiazole rings is 1. The standard InChI is InChI=1S/C22H21ClF3N3O2S.ClH/c1-14-11-17(23)13-18-19(14)27-21(32-18)29(6-5-28-7-9-31-10-8-28)20(30)15-3-2-4-16(12-15)22(24,25)26;/h2-4,11-13H,5-10H2,1H3;1H. The Bertz CT molecular complexity index is 1130. The maximum absolute atomic E-state index is 13.4. The molecule has 1 aliphatic heterocycles. The van der Waals surface area contributed by atoms with Gasteiger partial charge in [0.2, 0.25) is 0 Å². The molecule has 33 heavy (non-hydrogen) atoms. The largest absolute Gasteiger partial charge is 0.416 e. The van der Waals surface area contributed by atoms with Crippen LogP contribution in [-0.2, 0) is 10.9 Å². The number of amides is 1. The van der Waals surface area contributed by atoms with Crippen molar-refractivity contribution in [1.29, 1.82) is 0 Å². The van der Waals surface area contributed by atoms with Crippen molar-refractivity contribution < 1.29 is 22.7 Å². The van der Waals surface area contributed by atoms with Crippen LogP contribution in [0.4, 0.5) is 18.3 Å². The fraction of sp³-hybridized carbons (Fsp3) is 0.364. The van der Waals surface area contributed by atoms with Gasteiger partial charge in [0.25, 0.3) is 5.91 Å². The van der Waals surface area contributed by atoms with Crippen molar-refractivity contribution in [2.45, 2.75) is 13.1 Å². The van der Waals surface area contributed by atoms with Crippen molar-refractivity contribution in [3.63, 3.8) is 0 Å². The molecule has 11 heteroatoms. The van der Waals surface area contributed by atoms with E-state index in [1.807, 2.05) is 6.92 Å². The van der Waals surface area contributed by atoms with Crippen LogP contribution in [0.1, 0.15) is 21.5 Å². The Morgan fingerprint density at radius 1 is 1.24 bits per heavy atom. The number of morpholine rings is 1. The minimum atomic E-state index is -4.53. The number of fused-ring (bicyclic) bond motifs is 1. The van der Waals surface area contributed by atoms with Crippen molar-refractivity contribution in [2.24, 2.45) is 0 Å². The highest BCUT2D eigenvalue weighted by molar-refractivity contribution is 7.22. The summed E-state index contributed by atoms with van der Waals surface area (Å²) in [5, 5.41) is 0.996. The minimum Gasteiger partial charge on any atom is -0.379 e. The number of rotatable bonds is 5. The summed E-state index contributed by atoms with van der Waals surface area (Å²) in [4.78, 5) is 21.6. The van der Waals surface area contributed by atoms with E-state index in [2.05, 4.69) is 9.88 Å². The molecule has 0 bridgehead atoms. The summed E-state index contributed by atoms with van der Waals surface area (Å²) in [7, 11) is 0. The highest BCUT2D eigenvalue weighted by atomic mass is 35.5. The van der Waals surface area contributed by atoms with E-state index in [4.69, 9.17) is 16.3 Å².